The van der Waals surface area contributed by atoms with Crippen molar-refractivity contribution in [2.75, 3.05) is 6.54 Å². The molecule has 1 aliphatic rings. The first kappa shape index (κ1) is 17.5. The third-order valence-electron chi connectivity index (χ3n) is 3.19. The van der Waals surface area contributed by atoms with E-state index in [1.807, 2.05) is 0 Å². The Balaban J connectivity index is 0.00000220. The van der Waals surface area contributed by atoms with Gasteiger partial charge in [0.25, 0.3) is 11.5 Å². The van der Waals surface area contributed by atoms with Crippen molar-refractivity contribution in [1.29, 1.82) is 0 Å². The molecule has 0 aromatic carbocycles. The molecule has 1 saturated carbocycles. The zero-order chi connectivity index (χ0) is 14.9. The normalized spacial score (nSPS) is 16.0. The molecule has 1 amide bonds. The highest BCUT2D eigenvalue weighted by Crippen LogP contribution is 2.31. The van der Waals surface area contributed by atoms with E-state index in [1.54, 1.807) is 4.98 Å². The number of alkyl halides is 3. The Bertz CT molecular complexity index is 570. The van der Waals surface area contributed by atoms with E-state index < -0.39 is 23.3 Å². The molecule has 0 spiro atoms. The average molecular weight is 326 g/mol. The van der Waals surface area contributed by atoms with E-state index in [2.05, 4.69) is 5.32 Å². The summed E-state index contributed by atoms with van der Waals surface area (Å²) in [6, 6.07) is 1.34. The molecule has 21 heavy (non-hydrogen) atoms. The Morgan fingerprint density at radius 1 is 1.43 bits per heavy atom. The maximum Gasteiger partial charge on any atom is 0.431 e. The molecule has 0 radical (unpaired) electrons. The van der Waals surface area contributed by atoms with Gasteiger partial charge in [0.15, 0.2) is 0 Å². The molecule has 1 unspecified atom stereocenters. The van der Waals surface area contributed by atoms with Crippen molar-refractivity contribution in [3.63, 3.8) is 0 Å². The second-order valence-corrected chi connectivity index (χ2v) is 4.82. The Morgan fingerprint density at radius 2 is 2.05 bits per heavy atom. The highest BCUT2D eigenvalue weighted by molar-refractivity contribution is 5.93. The van der Waals surface area contributed by atoms with Gasteiger partial charge in [0, 0.05) is 12.6 Å². The van der Waals surface area contributed by atoms with Crippen molar-refractivity contribution in [2.24, 2.45) is 11.7 Å². The number of halogens is 4. The number of aromatic amines is 1. The summed E-state index contributed by atoms with van der Waals surface area (Å²) in [4.78, 5) is 24.8. The average Bonchev–Trinajstić information content (AvgIpc) is 3.18. The number of rotatable bonds is 4. The van der Waals surface area contributed by atoms with E-state index in [9.17, 15) is 22.8 Å². The Labute approximate surface area is 124 Å². The van der Waals surface area contributed by atoms with Crippen LogP contribution in [0.3, 0.4) is 0 Å². The van der Waals surface area contributed by atoms with Crippen molar-refractivity contribution in [3.05, 3.63) is 33.7 Å². The fourth-order valence-electron chi connectivity index (χ4n) is 1.81. The van der Waals surface area contributed by atoms with Crippen LogP contribution in [0, 0.1) is 5.92 Å². The zero-order valence-electron chi connectivity index (χ0n) is 10.9. The van der Waals surface area contributed by atoms with Crippen molar-refractivity contribution >= 4 is 18.3 Å². The first-order chi connectivity index (χ1) is 9.29. The summed E-state index contributed by atoms with van der Waals surface area (Å²) in [5.74, 6) is -0.350. The number of pyridine rings is 1. The summed E-state index contributed by atoms with van der Waals surface area (Å²) in [5.41, 5.74) is 3.16. The molecule has 1 fully saturated rings. The van der Waals surface area contributed by atoms with Crippen LogP contribution in [0.5, 0.6) is 0 Å². The molecule has 5 nitrogen and oxygen atoms in total. The smallest absolute Gasteiger partial charge is 0.350 e. The molecule has 1 aliphatic carbocycles. The number of H-pyrrole nitrogens is 1. The molecule has 0 saturated heterocycles. The van der Waals surface area contributed by atoms with E-state index in [0.29, 0.717) is 12.0 Å². The van der Waals surface area contributed by atoms with Gasteiger partial charge in [0.1, 0.15) is 11.3 Å². The molecule has 1 aromatic heterocycles. The predicted molar refractivity (Wildman–Crippen MR) is 72.3 cm³/mol. The van der Waals surface area contributed by atoms with Gasteiger partial charge in [-0.25, -0.2) is 0 Å². The molecule has 118 valence electrons. The fourth-order valence-corrected chi connectivity index (χ4v) is 1.81. The van der Waals surface area contributed by atoms with Gasteiger partial charge in [-0.3, -0.25) is 9.59 Å². The van der Waals surface area contributed by atoms with E-state index in [0.717, 1.165) is 18.9 Å². The highest BCUT2D eigenvalue weighted by atomic mass is 35.5. The zero-order valence-corrected chi connectivity index (χ0v) is 11.7. The van der Waals surface area contributed by atoms with Crippen molar-refractivity contribution in [2.45, 2.75) is 25.1 Å². The lowest BCUT2D eigenvalue weighted by Crippen LogP contribution is -2.40. The first-order valence-corrected chi connectivity index (χ1v) is 6.13. The van der Waals surface area contributed by atoms with Crippen LogP contribution in [0.25, 0.3) is 0 Å². The van der Waals surface area contributed by atoms with Crippen LogP contribution in [0.2, 0.25) is 0 Å². The maximum atomic E-state index is 12.4. The summed E-state index contributed by atoms with van der Waals surface area (Å²) < 4.78 is 37.1. The minimum absolute atomic E-state index is 0. The third-order valence-corrected chi connectivity index (χ3v) is 3.19. The molecule has 1 atom stereocenters. The first-order valence-electron chi connectivity index (χ1n) is 6.13. The molecule has 2 rings (SSSR count). The Morgan fingerprint density at radius 3 is 2.52 bits per heavy atom. The number of carbonyl (C=O) groups is 1. The number of amides is 1. The van der Waals surface area contributed by atoms with Gasteiger partial charge in [-0.15, -0.1) is 12.4 Å². The van der Waals surface area contributed by atoms with E-state index >= 15 is 0 Å². The van der Waals surface area contributed by atoms with Gasteiger partial charge in [0.2, 0.25) is 0 Å². The third kappa shape index (κ3) is 4.47. The van der Waals surface area contributed by atoms with E-state index in [4.69, 9.17) is 5.73 Å². The molecule has 4 N–H and O–H groups in total. The molecule has 9 heteroatoms. The fraction of sp³-hybridized carbons (Fsp3) is 0.500. The molecule has 0 bridgehead atoms. The lowest BCUT2D eigenvalue weighted by atomic mass is 10.2. The summed E-state index contributed by atoms with van der Waals surface area (Å²) in [5, 5.41) is 2.45. The summed E-state index contributed by atoms with van der Waals surface area (Å²) in [6.45, 7) is 0.198. The number of carbonyl (C=O) groups excluding carboxylic acids is 1. The molecule has 1 heterocycles. The van der Waals surface area contributed by atoms with Gasteiger partial charge >= 0.3 is 6.18 Å². The lowest BCUT2D eigenvalue weighted by molar-refractivity contribution is -0.141. The molecule has 0 aliphatic heterocycles. The quantitative estimate of drug-likeness (QED) is 0.779. The van der Waals surface area contributed by atoms with Gasteiger partial charge in [-0.1, -0.05) is 0 Å². The monoisotopic (exact) mass is 325 g/mol. The molecule has 1 aromatic rings. The summed E-state index contributed by atoms with van der Waals surface area (Å²) in [6.07, 6.45) is -2.63. The van der Waals surface area contributed by atoms with Crippen molar-refractivity contribution < 1.29 is 18.0 Å². The second-order valence-electron chi connectivity index (χ2n) is 4.82. The van der Waals surface area contributed by atoms with Gasteiger partial charge < -0.3 is 16.0 Å². The highest BCUT2D eigenvalue weighted by Gasteiger charge is 2.32. The van der Waals surface area contributed by atoms with Crippen LogP contribution in [0.1, 0.15) is 28.9 Å². The number of hydrogen-bond donors (Lipinski definition) is 3. The van der Waals surface area contributed by atoms with Crippen LogP contribution in [-0.4, -0.2) is 23.5 Å². The summed E-state index contributed by atoms with van der Waals surface area (Å²) >= 11 is 0. The number of nitrogens with one attached hydrogen (secondary N) is 2. The number of hydrogen-bond acceptors (Lipinski definition) is 3. The number of aromatic nitrogens is 1. The van der Waals surface area contributed by atoms with Gasteiger partial charge in [-0.2, -0.15) is 13.2 Å². The molecular formula is C12H15ClF3N3O2. The standard InChI is InChI=1S/C12H14F3N3O2.ClH/c13-12(14,15)9-4-3-7(11(20)18-9)10(19)17-5-8(16)6-1-2-6;/h3-4,6,8H,1-2,5,16H2,(H,17,19)(H,18,20);1H. The van der Waals surface area contributed by atoms with Crippen LogP contribution in [0.15, 0.2) is 16.9 Å². The Kier molecular flexibility index (Phi) is 5.41. The minimum Gasteiger partial charge on any atom is -0.350 e. The number of nitrogens with two attached hydrogens (primary N) is 1. The lowest BCUT2D eigenvalue weighted by Gasteiger charge is -2.11. The predicted octanol–water partition coefficient (Wildman–Crippen LogP) is 1.28. The van der Waals surface area contributed by atoms with E-state index in [1.165, 1.54) is 0 Å². The van der Waals surface area contributed by atoms with E-state index in [-0.39, 0.29) is 30.6 Å². The van der Waals surface area contributed by atoms with Gasteiger partial charge in [0.05, 0.1) is 0 Å². The Hall–Kier alpha value is -1.54. The largest absolute Gasteiger partial charge is 0.431 e. The SMILES string of the molecule is Cl.NC(CNC(=O)c1ccc(C(F)(F)F)[nH]c1=O)C1CC1. The summed E-state index contributed by atoms with van der Waals surface area (Å²) in [7, 11) is 0. The molecular weight excluding hydrogens is 311 g/mol. The van der Waals surface area contributed by atoms with Gasteiger partial charge in [-0.05, 0) is 30.9 Å². The minimum atomic E-state index is -4.65. The van der Waals surface area contributed by atoms with Crippen molar-refractivity contribution in [1.82, 2.24) is 10.3 Å². The van der Waals surface area contributed by atoms with Crippen LogP contribution >= 0.6 is 12.4 Å². The van der Waals surface area contributed by atoms with Crippen LogP contribution < -0.4 is 16.6 Å². The van der Waals surface area contributed by atoms with Crippen LogP contribution in [0.4, 0.5) is 13.2 Å². The second kappa shape index (κ2) is 6.48. The van der Waals surface area contributed by atoms with Crippen molar-refractivity contribution in [3.8, 4) is 0 Å². The maximum absolute atomic E-state index is 12.4. The topological polar surface area (TPSA) is 88.0 Å². The van der Waals surface area contributed by atoms with Crippen LogP contribution in [-0.2, 0) is 6.18 Å².